The fraction of sp³-hybridized carbons (Fsp3) is 1.00. The van der Waals surface area contributed by atoms with Crippen LogP contribution in [0.1, 0.15) is 46.5 Å². The highest BCUT2D eigenvalue weighted by molar-refractivity contribution is 6.18. The smallest absolute Gasteiger partial charge is 0.0249 e. The van der Waals surface area contributed by atoms with Crippen molar-refractivity contribution in [1.82, 2.24) is 0 Å². The van der Waals surface area contributed by atoms with Gasteiger partial charge in [-0.15, -0.1) is 11.6 Å². The van der Waals surface area contributed by atoms with Crippen LogP contribution >= 0.6 is 11.6 Å². The average molecular weight is 203 g/mol. The van der Waals surface area contributed by atoms with E-state index in [1.165, 1.54) is 25.7 Å². The molecule has 0 amide bonds. The van der Waals surface area contributed by atoms with Crippen molar-refractivity contribution in [3.8, 4) is 0 Å². The lowest BCUT2D eigenvalue weighted by molar-refractivity contribution is 0.188. The Bertz CT molecular complexity index is 142. The van der Waals surface area contributed by atoms with E-state index in [1.54, 1.807) is 0 Å². The lowest BCUT2D eigenvalue weighted by Crippen LogP contribution is -2.22. The molecule has 4 unspecified atom stereocenters. The molecule has 0 radical (unpaired) electrons. The highest BCUT2D eigenvalue weighted by Crippen LogP contribution is 2.36. The van der Waals surface area contributed by atoms with Crippen molar-refractivity contribution < 1.29 is 0 Å². The number of hydrogen-bond donors (Lipinski definition) is 0. The molecule has 0 nitrogen and oxygen atoms in total. The summed E-state index contributed by atoms with van der Waals surface area (Å²) in [4.78, 5) is 0. The molecule has 0 aromatic heterocycles. The van der Waals surface area contributed by atoms with Gasteiger partial charge in [-0.3, -0.25) is 0 Å². The van der Waals surface area contributed by atoms with Crippen LogP contribution in [0.2, 0.25) is 0 Å². The largest absolute Gasteiger partial charge is 0.126 e. The molecule has 0 aromatic carbocycles. The van der Waals surface area contributed by atoms with Crippen molar-refractivity contribution >= 4 is 11.6 Å². The molecule has 1 rings (SSSR count). The van der Waals surface area contributed by atoms with Gasteiger partial charge in [0, 0.05) is 5.88 Å². The van der Waals surface area contributed by atoms with Gasteiger partial charge in [0.05, 0.1) is 0 Å². The molecule has 1 heteroatoms. The molecule has 0 aliphatic heterocycles. The molecule has 0 aromatic rings. The maximum absolute atomic E-state index is 5.84. The second-order valence-electron chi connectivity index (χ2n) is 5.13. The first-order valence-corrected chi connectivity index (χ1v) is 6.22. The summed E-state index contributed by atoms with van der Waals surface area (Å²) in [7, 11) is 0. The van der Waals surface area contributed by atoms with Crippen LogP contribution in [-0.2, 0) is 0 Å². The van der Waals surface area contributed by atoms with E-state index in [0.717, 1.165) is 23.6 Å². The standard InChI is InChI=1S/C12H23Cl/c1-9(8-13)6-12-5-4-10(2)11(3)7-12/h9-12H,4-8H2,1-3H3. The minimum atomic E-state index is 0.715. The minimum absolute atomic E-state index is 0.715. The fourth-order valence-corrected chi connectivity index (χ4v) is 2.63. The zero-order valence-corrected chi connectivity index (χ0v) is 9.98. The summed E-state index contributed by atoms with van der Waals surface area (Å²) in [6, 6.07) is 0. The maximum Gasteiger partial charge on any atom is 0.0249 e. The predicted molar refractivity (Wildman–Crippen MR) is 60.2 cm³/mol. The van der Waals surface area contributed by atoms with Crippen molar-refractivity contribution in [2.45, 2.75) is 46.5 Å². The van der Waals surface area contributed by atoms with Crippen LogP contribution in [0.4, 0.5) is 0 Å². The van der Waals surface area contributed by atoms with Gasteiger partial charge in [-0.25, -0.2) is 0 Å². The second-order valence-corrected chi connectivity index (χ2v) is 5.44. The first-order chi connectivity index (χ1) is 6.13. The number of rotatable bonds is 3. The monoisotopic (exact) mass is 202 g/mol. The van der Waals surface area contributed by atoms with E-state index in [2.05, 4.69) is 20.8 Å². The van der Waals surface area contributed by atoms with Crippen molar-refractivity contribution in [1.29, 1.82) is 0 Å². The molecule has 0 N–H and O–H groups in total. The summed E-state index contributed by atoms with van der Waals surface area (Å²) >= 11 is 5.84. The summed E-state index contributed by atoms with van der Waals surface area (Å²) in [5, 5.41) is 0. The first-order valence-electron chi connectivity index (χ1n) is 5.69. The van der Waals surface area contributed by atoms with Crippen molar-refractivity contribution in [3.63, 3.8) is 0 Å². The molecular weight excluding hydrogens is 180 g/mol. The van der Waals surface area contributed by atoms with Crippen LogP contribution in [0.15, 0.2) is 0 Å². The Morgan fingerprint density at radius 2 is 1.92 bits per heavy atom. The topological polar surface area (TPSA) is 0 Å². The summed E-state index contributed by atoms with van der Waals surface area (Å²) in [5.74, 6) is 4.39. The van der Waals surface area contributed by atoms with Gasteiger partial charge < -0.3 is 0 Å². The molecular formula is C12H23Cl. The fourth-order valence-electron chi connectivity index (χ4n) is 2.51. The minimum Gasteiger partial charge on any atom is -0.126 e. The Hall–Kier alpha value is 0.290. The molecule has 1 fully saturated rings. The third kappa shape index (κ3) is 3.50. The molecule has 1 aliphatic carbocycles. The van der Waals surface area contributed by atoms with Crippen LogP contribution in [0.25, 0.3) is 0 Å². The van der Waals surface area contributed by atoms with E-state index in [1.807, 2.05) is 0 Å². The van der Waals surface area contributed by atoms with Crippen LogP contribution in [0, 0.1) is 23.7 Å². The highest BCUT2D eigenvalue weighted by Gasteiger charge is 2.25. The van der Waals surface area contributed by atoms with E-state index < -0.39 is 0 Å². The number of halogens is 1. The summed E-state index contributed by atoms with van der Waals surface area (Å²) < 4.78 is 0. The predicted octanol–water partition coefficient (Wildman–Crippen LogP) is 4.32. The van der Waals surface area contributed by atoms with Crippen LogP contribution in [-0.4, -0.2) is 5.88 Å². The zero-order valence-electron chi connectivity index (χ0n) is 9.22. The van der Waals surface area contributed by atoms with Crippen molar-refractivity contribution in [2.24, 2.45) is 23.7 Å². The maximum atomic E-state index is 5.84. The van der Waals surface area contributed by atoms with E-state index in [4.69, 9.17) is 11.6 Å². The van der Waals surface area contributed by atoms with Gasteiger partial charge in [-0.05, 0) is 36.5 Å². The normalized spacial score (nSPS) is 37.4. The highest BCUT2D eigenvalue weighted by atomic mass is 35.5. The van der Waals surface area contributed by atoms with Crippen LogP contribution in [0.3, 0.4) is 0 Å². The number of hydrogen-bond acceptors (Lipinski definition) is 0. The van der Waals surface area contributed by atoms with Gasteiger partial charge in [-0.2, -0.15) is 0 Å². The molecule has 0 spiro atoms. The Kier molecular flexibility index (Phi) is 4.58. The number of alkyl halides is 1. The van der Waals surface area contributed by atoms with Gasteiger partial charge in [0.15, 0.2) is 0 Å². The van der Waals surface area contributed by atoms with Crippen LogP contribution < -0.4 is 0 Å². The van der Waals surface area contributed by atoms with Gasteiger partial charge in [0.2, 0.25) is 0 Å². The van der Waals surface area contributed by atoms with Crippen LogP contribution in [0.5, 0.6) is 0 Å². The average Bonchev–Trinajstić information content (AvgIpc) is 2.11. The molecule has 1 aliphatic rings. The van der Waals surface area contributed by atoms with E-state index in [-0.39, 0.29) is 0 Å². The Morgan fingerprint density at radius 1 is 1.23 bits per heavy atom. The molecule has 78 valence electrons. The summed E-state index contributed by atoms with van der Waals surface area (Å²) in [6.07, 6.45) is 5.65. The first kappa shape index (κ1) is 11.4. The third-order valence-electron chi connectivity index (χ3n) is 3.71. The Morgan fingerprint density at radius 3 is 2.46 bits per heavy atom. The Balaban J connectivity index is 2.29. The molecule has 0 saturated heterocycles. The van der Waals surface area contributed by atoms with E-state index >= 15 is 0 Å². The van der Waals surface area contributed by atoms with Gasteiger partial charge in [0.25, 0.3) is 0 Å². The van der Waals surface area contributed by atoms with Crippen molar-refractivity contribution in [3.05, 3.63) is 0 Å². The zero-order chi connectivity index (χ0) is 9.84. The lowest BCUT2D eigenvalue weighted by atomic mass is 9.73. The third-order valence-corrected chi connectivity index (χ3v) is 4.23. The van der Waals surface area contributed by atoms with Gasteiger partial charge in [0.1, 0.15) is 0 Å². The molecule has 0 heterocycles. The summed E-state index contributed by atoms with van der Waals surface area (Å²) in [6.45, 7) is 7.07. The molecule has 1 saturated carbocycles. The van der Waals surface area contributed by atoms with Gasteiger partial charge >= 0.3 is 0 Å². The lowest BCUT2D eigenvalue weighted by Gasteiger charge is -2.33. The van der Waals surface area contributed by atoms with Gasteiger partial charge in [-0.1, -0.05) is 33.6 Å². The quantitative estimate of drug-likeness (QED) is 0.598. The Labute approximate surface area is 88.1 Å². The van der Waals surface area contributed by atoms with Crippen molar-refractivity contribution in [2.75, 3.05) is 5.88 Å². The van der Waals surface area contributed by atoms with E-state index in [0.29, 0.717) is 5.92 Å². The summed E-state index contributed by atoms with van der Waals surface area (Å²) in [5.41, 5.74) is 0. The molecule has 4 atom stereocenters. The van der Waals surface area contributed by atoms with E-state index in [9.17, 15) is 0 Å². The molecule has 0 bridgehead atoms. The SMILES string of the molecule is CC(CCl)CC1CCC(C)C(C)C1. The second kappa shape index (κ2) is 5.24. The molecule has 13 heavy (non-hydrogen) atoms.